The van der Waals surface area contributed by atoms with E-state index in [1.807, 2.05) is 0 Å². The first-order valence-corrected chi connectivity index (χ1v) is 6.70. The van der Waals surface area contributed by atoms with Gasteiger partial charge in [-0.25, -0.2) is 4.79 Å². The Labute approximate surface area is 130 Å². The Morgan fingerprint density at radius 3 is 2.52 bits per heavy atom. The Kier molecular flexibility index (Phi) is 4.35. The average Bonchev–Trinajstić information content (AvgIpc) is 2.92. The fourth-order valence-corrected chi connectivity index (χ4v) is 2.15. The lowest BCUT2D eigenvalue weighted by Gasteiger charge is -2.18. The Balaban J connectivity index is 2.11. The second-order valence-corrected chi connectivity index (χ2v) is 5.26. The Morgan fingerprint density at radius 2 is 2.00 bits per heavy atom. The average molecular weight is 330 g/mol. The lowest BCUT2D eigenvalue weighted by molar-refractivity contribution is -0.142. The number of carbonyl (C=O) groups is 1. The molecule has 0 aliphatic heterocycles. The molecule has 0 bridgehead atoms. The minimum absolute atomic E-state index is 0.0705. The van der Waals surface area contributed by atoms with Crippen molar-refractivity contribution in [1.82, 2.24) is 24.5 Å². The number of rotatable bonds is 3. The van der Waals surface area contributed by atoms with Crippen LogP contribution in [0.4, 0.5) is 23.8 Å². The first-order chi connectivity index (χ1) is 10.6. The van der Waals surface area contributed by atoms with Gasteiger partial charge in [-0.1, -0.05) is 0 Å². The Morgan fingerprint density at radius 1 is 1.35 bits per heavy atom. The molecule has 2 aromatic rings. The van der Waals surface area contributed by atoms with E-state index in [1.165, 1.54) is 25.0 Å². The summed E-state index contributed by atoms with van der Waals surface area (Å²) in [5, 5.41) is 10.1. The molecule has 0 spiro atoms. The minimum atomic E-state index is -4.56. The normalized spacial score (nSPS) is 11.6. The summed E-state index contributed by atoms with van der Waals surface area (Å²) in [5.74, 6) is 0.460. The zero-order valence-electron chi connectivity index (χ0n) is 13.1. The molecule has 0 radical (unpaired) electrons. The first-order valence-electron chi connectivity index (χ1n) is 6.70. The van der Waals surface area contributed by atoms with Crippen molar-refractivity contribution < 1.29 is 18.0 Å². The number of nitrogens with zero attached hydrogens (tertiary/aromatic N) is 5. The van der Waals surface area contributed by atoms with E-state index in [9.17, 15) is 18.0 Å². The summed E-state index contributed by atoms with van der Waals surface area (Å²) < 4.78 is 41.3. The van der Waals surface area contributed by atoms with E-state index in [4.69, 9.17) is 0 Å². The number of anilines is 1. The zero-order valence-corrected chi connectivity index (χ0v) is 13.1. The molecule has 0 atom stereocenters. The fourth-order valence-electron chi connectivity index (χ4n) is 2.15. The molecule has 2 rings (SSSR count). The third-order valence-corrected chi connectivity index (χ3v) is 3.16. The van der Waals surface area contributed by atoms with Gasteiger partial charge in [-0.15, -0.1) is 0 Å². The van der Waals surface area contributed by atoms with E-state index in [-0.39, 0.29) is 12.1 Å². The van der Waals surface area contributed by atoms with Crippen LogP contribution in [0.2, 0.25) is 0 Å². The molecular formula is C13H17F3N6O. The number of nitrogens with one attached hydrogen (secondary N) is 1. The molecule has 0 aliphatic rings. The molecule has 10 heteroatoms. The zero-order chi connectivity index (χ0) is 17.4. The molecule has 2 aromatic heterocycles. The van der Waals surface area contributed by atoms with Crippen LogP contribution in [0.15, 0.2) is 12.3 Å². The van der Waals surface area contributed by atoms with Gasteiger partial charge in [0.25, 0.3) is 0 Å². The largest absolute Gasteiger partial charge is 0.435 e. The van der Waals surface area contributed by atoms with Crippen LogP contribution in [0.1, 0.15) is 17.0 Å². The molecule has 1 N–H and O–H groups in total. The van der Waals surface area contributed by atoms with Gasteiger partial charge in [-0.2, -0.15) is 23.4 Å². The summed E-state index contributed by atoms with van der Waals surface area (Å²) in [7, 11) is 4.47. The van der Waals surface area contributed by atoms with Crippen LogP contribution in [-0.2, 0) is 26.8 Å². The van der Waals surface area contributed by atoms with Crippen LogP contribution in [0.25, 0.3) is 0 Å². The molecule has 126 valence electrons. The van der Waals surface area contributed by atoms with Crippen LogP contribution in [0.3, 0.4) is 0 Å². The lowest BCUT2D eigenvalue weighted by atomic mass is 10.2. The van der Waals surface area contributed by atoms with Crippen molar-refractivity contribution in [3.05, 3.63) is 29.2 Å². The third kappa shape index (κ3) is 3.82. The van der Waals surface area contributed by atoms with Gasteiger partial charge < -0.3 is 4.90 Å². The van der Waals surface area contributed by atoms with Crippen LogP contribution in [0.5, 0.6) is 0 Å². The molecular weight excluding hydrogens is 313 g/mol. The summed E-state index contributed by atoms with van der Waals surface area (Å²) in [5.41, 5.74) is -0.341. The smallest absolute Gasteiger partial charge is 0.323 e. The first kappa shape index (κ1) is 16.8. The van der Waals surface area contributed by atoms with E-state index < -0.39 is 17.9 Å². The molecule has 0 fully saturated rings. The molecule has 0 saturated carbocycles. The summed E-state index contributed by atoms with van der Waals surface area (Å²) in [6.45, 7) is 1.55. The molecule has 0 unspecified atom stereocenters. The molecule has 0 aromatic carbocycles. The number of aromatic nitrogens is 4. The highest BCUT2D eigenvalue weighted by atomic mass is 19.4. The van der Waals surface area contributed by atoms with E-state index in [0.717, 1.165) is 15.3 Å². The highest BCUT2D eigenvalue weighted by Crippen LogP contribution is 2.31. The van der Waals surface area contributed by atoms with Crippen LogP contribution >= 0.6 is 0 Å². The van der Waals surface area contributed by atoms with Gasteiger partial charge >= 0.3 is 12.2 Å². The van der Waals surface area contributed by atoms with Crippen LogP contribution in [0, 0.1) is 6.92 Å². The number of hydrogen-bond donors (Lipinski definition) is 1. The third-order valence-electron chi connectivity index (χ3n) is 3.16. The molecule has 23 heavy (non-hydrogen) atoms. The summed E-state index contributed by atoms with van der Waals surface area (Å²) in [6, 6.07) is 1.13. The van der Waals surface area contributed by atoms with Gasteiger partial charge in [-0.05, 0) is 6.92 Å². The Hall–Kier alpha value is -2.52. The molecule has 7 nitrogen and oxygen atoms in total. The maximum atomic E-state index is 12.9. The van der Waals surface area contributed by atoms with Crippen molar-refractivity contribution in [2.24, 2.45) is 14.1 Å². The number of urea groups is 1. The number of amides is 2. The monoisotopic (exact) mass is 330 g/mol. The number of aryl methyl sites for hydroxylation is 3. The van der Waals surface area contributed by atoms with Crippen molar-refractivity contribution in [2.45, 2.75) is 19.6 Å². The number of carbonyl (C=O) groups excluding carboxylic acids is 1. The van der Waals surface area contributed by atoms with Crippen LogP contribution in [-0.4, -0.2) is 37.5 Å². The Bertz CT molecular complexity index is 718. The maximum absolute atomic E-state index is 12.9. The second kappa shape index (κ2) is 5.94. The van der Waals surface area contributed by atoms with Crippen molar-refractivity contribution in [3.8, 4) is 0 Å². The second-order valence-electron chi connectivity index (χ2n) is 5.26. The highest BCUT2D eigenvalue weighted by Gasteiger charge is 2.37. The number of halogens is 3. The van der Waals surface area contributed by atoms with E-state index >= 15 is 0 Å². The predicted octanol–water partition coefficient (Wildman–Crippen LogP) is 2.14. The van der Waals surface area contributed by atoms with E-state index in [1.54, 1.807) is 20.0 Å². The SMILES string of the molecule is Cc1cc(NC(=O)N(C)Cc2cn(C)nc2C(F)(F)F)n(C)n1. The standard InChI is InChI=1S/C13H17F3N6O/c1-8-5-10(22(4)18-8)17-12(23)20(2)6-9-7-21(3)19-11(9)13(14,15)16/h5,7H,6H2,1-4H3,(H,17,23). The number of alkyl halides is 3. The fraction of sp³-hybridized carbons (Fsp3) is 0.462. The van der Waals surface area contributed by atoms with Gasteiger partial charge in [0.1, 0.15) is 5.82 Å². The van der Waals surface area contributed by atoms with Gasteiger partial charge in [0, 0.05) is 39.0 Å². The summed E-state index contributed by atoms with van der Waals surface area (Å²) in [6.07, 6.45) is -3.31. The van der Waals surface area contributed by atoms with Crippen molar-refractivity contribution in [1.29, 1.82) is 0 Å². The summed E-state index contributed by atoms with van der Waals surface area (Å²) >= 11 is 0. The summed E-state index contributed by atoms with van der Waals surface area (Å²) in [4.78, 5) is 13.3. The quantitative estimate of drug-likeness (QED) is 0.937. The van der Waals surface area contributed by atoms with Crippen molar-refractivity contribution >= 4 is 11.8 Å². The maximum Gasteiger partial charge on any atom is 0.435 e. The van der Waals surface area contributed by atoms with Gasteiger partial charge in [0.15, 0.2) is 5.69 Å². The predicted molar refractivity (Wildman–Crippen MR) is 76.6 cm³/mol. The van der Waals surface area contributed by atoms with Gasteiger partial charge in [0.2, 0.25) is 0 Å². The molecule has 2 heterocycles. The molecule has 2 amide bonds. The van der Waals surface area contributed by atoms with Crippen molar-refractivity contribution in [2.75, 3.05) is 12.4 Å². The van der Waals surface area contributed by atoms with Crippen molar-refractivity contribution in [3.63, 3.8) is 0 Å². The van der Waals surface area contributed by atoms with Gasteiger partial charge in [0.05, 0.1) is 12.2 Å². The topological polar surface area (TPSA) is 68.0 Å². The minimum Gasteiger partial charge on any atom is -0.323 e. The van der Waals surface area contributed by atoms with Crippen LogP contribution < -0.4 is 5.32 Å². The molecule has 0 saturated heterocycles. The highest BCUT2D eigenvalue weighted by molar-refractivity contribution is 5.88. The van der Waals surface area contributed by atoms with E-state index in [2.05, 4.69) is 15.5 Å². The lowest BCUT2D eigenvalue weighted by Crippen LogP contribution is -2.32. The molecule has 0 aliphatic carbocycles. The van der Waals surface area contributed by atoms with Gasteiger partial charge in [-0.3, -0.25) is 14.7 Å². The number of hydrogen-bond acceptors (Lipinski definition) is 3. The van der Waals surface area contributed by atoms with E-state index in [0.29, 0.717) is 5.82 Å².